The van der Waals surface area contributed by atoms with Crippen LogP contribution < -0.4 is 0 Å². The summed E-state index contributed by atoms with van der Waals surface area (Å²) >= 11 is 18.7. The minimum atomic E-state index is -1.21. The standard InChI is InChI=1S/C10H6Cl3S/c11-10(12,13)6-7-1-2-8-3-4-14-9(8)5-7/h1-3,5H,6H2. The molecule has 0 N–H and O–H groups in total. The normalized spacial score (nSPS) is 12.2. The number of halogens is 3. The zero-order valence-corrected chi connectivity index (χ0v) is 10.1. The zero-order chi connectivity index (χ0) is 10.2. The van der Waals surface area contributed by atoms with Gasteiger partial charge in [-0.05, 0) is 23.1 Å². The molecule has 2 aromatic rings. The fourth-order valence-electron chi connectivity index (χ4n) is 1.28. The van der Waals surface area contributed by atoms with E-state index in [0.717, 1.165) is 5.56 Å². The van der Waals surface area contributed by atoms with Crippen LogP contribution in [0, 0.1) is 5.38 Å². The maximum Gasteiger partial charge on any atom is 0.194 e. The van der Waals surface area contributed by atoms with Gasteiger partial charge in [-0.15, -0.1) is 11.3 Å². The first-order chi connectivity index (χ1) is 6.54. The topological polar surface area (TPSA) is 0 Å². The minimum Gasteiger partial charge on any atom is -0.134 e. The SMILES string of the molecule is ClC(Cl)(Cl)Cc1ccc2c[c]sc2c1. The molecular weight excluding hydrogens is 259 g/mol. The van der Waals surface area contributed by atoms with E-state index in [1.165, 1.54) is 10.1 Å². The Morgan fingerprint density at radius 3 is 2.79 bits per heavy atom. The van der Waals surface area contributed by atoms with Gasteiger partial charge in [-0.2, -0.15) is 0 Å². The van der Waals surface area contributed by atoms with Crippen molar-refractivity contribution in [1.82, 2.24) is 0 Å². The minimum absolute atomic E-state index is 0.436. The summed E-state index contributed by atoms with van der Waals surface area (Å²) in [7, 11) is 0. The van der Waals surface area contributed by atoms with Crippen LogP contribution in [0.1, 0.15) is 5.56 Å². The van der Waals surface area contributed by atoms with Crippen LogP contribution in [-0.4, -0.2) is 3.79 Å². The molecule has 0 saturated carbocycles. The Morgan fingerprint density at radius 2 is 2.07 bits per heavy atom. The zero-order valence-electron chi connectivity index (χ0n) is 7.06. The lowest BCUT2D eigenvalue weighted by atomic mass is 10.1. The molecule has 2 rings (SSSR count). The van der Waals surface area contributed by atoms with Gasteiger partial charge in [0.05, 0.1) is 0 Å². The van der Waals surface area contributed by atoms with E-state index in [0.29, 0.717) is 6.42 Å². The summed E-state index contributed by atoms with van der Waals surface area (Å²) in [6, 6.07) is 8.00. The van der Waals surface area contributed by atoms with Gasteiger partial charge < -0.3 is 0 Å². The van der Waals surface area contributed by atoms with E-state index >= 15 is 0 Å². The molecule has 0 saturated heterocycles. The number of thiophene rings is 1. The van der Waals surface area contributed by atoms with Gasteiger partial charge in [-0.1, -0.05) is 46.9 Å². The van der Waals surface area contributed by atoms with Gasteiger partial charge in [0, 0.05) is 16.5 Å². The molecule has 0 spiro atoms. The van der Waals surface area contributed by atoms with Crippen LogP contribution in [0.25, 0.3) is 10.1 Å². The number of hydrogen-bond donors (Lipinski definition) is 0. The third-order valence-electron chi connectivity index (χ3n) is 1.87. The predicted octanol–water partition coefficient (Wildman–Crippen LogP) is 4.61. The molecule has 0 fully saturated rings. The first-order valence-corrected chi connectivity index (χ1v) is 5.95. The second-order valence-electron chi connectivity index (χ2n) is 3.03. The van der Waals surface area contributed by atoms with Crippen molar-refractivity contribution in [3.63, 3.8) is 0 Å². The third kappa shape index (κ3) is 2.54. The molecule has 0 bridgehead atoms. The Bertz CT molecular complexity index is 442. The van der Waals surface area contributed by atoms with Gasteiger partial charge >= 0.3 is 0 Å². The molecule has 0 aliphatic heterocycles. The van der Waals surface area contributed by atoms with Crippen molar-refractivity contribution in [3.05, 3.63) is 35.2 Å². The monoisotopic (exact) mass is 263 g/mol. The molecule has 1 heterocycles. The Labute approximate surface area is 101 Å². The van der Waals surface area contributed by atoms with Gasteiger partial charge in [-0.3, -0.25) is 0 Å². The lowest BCUT2D eigenvalue weighted by Crippen LogP contribution is -2.06. The average molecular weight is 265 g/mol. The first kappa shape index (κ1) is 10.6. The highest BCUT2D eigenvalue weighted by atomic mass is 35.6. The highest BCUT2D eigenvalue weighted by Crippen LogP contribution is 2.32. The molecule has 0 nitrogen and oxygen atoms in total. The van der Waals surface area contributed by atoms with Crippen molar-refractivity contribution in [1.29, 1.82) is 0 Å². The summed E-state index contributed by atoms with van der Waals surface area (Å²) in [4.78, 5) is 0. The molecule has 0 aliphatic rings. The molecule has 1 aromatic heterocycles. The Hall–Kier alpha value is 0.0500. The molecule has 0 amide bonds. The van der Waals surface area contributed by atoms with Crippen molar-refractivity contribution in [2.45, 2.75) is 10.2 Å². The van der Waals surface area contributed by atoms with Crippen LogP contribution in [0.4, 0.5) is 0 Å². The average Bonchev–Trinajstić information content (AvgIpc) is 2.47. The lowest BCUT2D eigenvalue weighted by Gasteiger charge is -2.10. The van der Waals surface area contributed by atoms with E-state index in [1.807, 2.05) is 24.3 Å². The van der Waals surface area contributed by atoms with Crippen molar-refractivity contribution in [3.8, 4) is 0 Å². The van der Waals surface area contributed by atoms with E-state index in [4.69, 9.17) is 34.8 Å². The van der Waals surface area contributed by atoms with Crippen LogP contribution in [0.15, 0.2) is 24.3 Å². The van der Waals surface area contributed by atoms with Crippen LogP contribution in [-0.2, 0) is 6.42 Å². The molecule has 14 heavy (non-hydrogen) atoms. The fraction of sp³-hybridized carbons (Fsp3) is 0.200. The summed E-state index contributed by atoms with van der Waals surface area (Å²) in [5.74, 6) is 0. The van der Waals surface area contributed by atoms with Gasteiger partial charge in [-0.25, -0.2) is 0 Å². The molecule has 1 radical (unpaired) electrons. The highest BCUT2D eigenvalue weighted by molar-refractivity contribution is 7.16. The Morgan fingerprint density at radius 1 is 1.29 bits per heavy atom. The van der Waals surface area contributed by atoms with Gasteiger partial charge in [0.1, 0.15) is 0 Å². The van der Waals surface area contributed by atoms with Crippen molar-refractivity contribution in [2.75, 3.05) is 0 Å². The molecule has 0 aliphatic carbocycles. The van der Waals surface area contributed by atoms with Crippen LogP contribution in [0.3, 0.4) is 0 Å². The number of hydrogen-bond acceptors (Lipinski definition) is 1. The number of alkyl halides is 3. The number of fused-ring (bicyclic) bond motifs is 1. The molecular formula is C10H6Cl3S. The van der Waals surface area contributed by atoms with E-state index < -0.39 is 3.79 Å². The Kier molecular flexibility index (Phi) is 2.94. The summed E-state index contributed by atoms with van der Waals surface area (Å²) in [6.07, 6.45) is 0.436. The van der Waals surface area contributed by atoms with Crippen molar-refractivity contribution >= 4 is 56.2 Å². The summed E-state index contributed by atoms with van der Waals surface area (Å²) < 4.78 is -0.0361. The van der Waals surface area contributed by atoms with Gasteiger partial charge in [0.25, 0.3) is 0 Å². The smallest absolute Gasteiger partial charge is 0.134 e. The number of rotatable bonds is 1. The van der Waals surface area contributed by atoms with Crippen LogP contribution >= 0.6 is 46.1 Å². The highest BCUT2D eigenvalue weighted by Gasteiger charge is 2.20. The van der Waals surface area contributed by atoms with E-state index in [-0.39, 0.29) is 0 Å². The second kappa shape index (κ2) is 3.90. The summed E-state index contributed by atoms with van der Waals surface area (Å²) in [6.45, 7) is 0. The summed E-state index contributed by atoms with van der Waals surface area (Å²) in [5.41, 5.74) is 1.04. The third-order valence-corrected chi connectivity index (χ3v) is 3.08. The molecule has 0 atom stereocenters. The molecule has 0 unspecified atom stereocenters. The van der Waals surface area contributed by atoms with E-state index in [1.54, 1.807) is 11.3 Å². The Balaban J connectivity index is 2.35. The molecule has 1 aromatic carbocycles. The maximum atomic E-state index is 5.72. The fourth-order valence-corrected chi connectivity index (χ4v) is 2.52. The van der Waals surface area contributed by atoms with Crippen molar-refractivity contribution < 1.29 is 0 Å². The maximum absolute atomic E-state index is 5.72. The first-order valence-electron chi connectivity index (χ1n) is 4.00. The van der Waals surface area contributed by atoms with E-state index in [2.05, 4.69) is 5.38 Å². The molecule has 73 valence electrons. The van der Waals surface area contributed by atoms with E-state index in [9.17, 15) is 0 Å². The lowest BCUT2D eigenvalue weighted by molar-refractivity contribution is 1.02. The van der Waals surface area contributed by atoms with Crippen molar-refractivity contribution in [2.24, 2.45) is 0 Å². The number of benzene rings is 1. The largest absolute Gasteiger partial charge is 0.194 e. The second-order valence-corrected chi connectivity index (χ2v) is 6.42. The molecule has 4 heteroatoms. The quantitative estimate of drug-likeness (QED) is 0.660. The van der Waals surface area contributed by atoms with Gasteiger partial charge in [0.15, 0.2) is 3.79 Å². The van der Waals surface area contributed by atoms with Crippen LogP contribution in [0.5, 0.6) is 0 Å². The van der Waals surface area contributed by atoms with Gasteiger partial charge in [0.2, 0.25) is 0 Å². The van der Waals surface area contributed by atoms with Crippen LogP contribution in [0.2, 0.25) is 0 Å². The summed E-state index contributed by atoms with van der Waals surface area (Å²) in [5, 5.41) is 4.25. The predicted molar refractivity (Wildman–Crippen MR) is 64.7 cm³/mol.